The van der Waals surface area contributed by atoms with Crippen molar-refractivity contribution < 1.29 is 60.8 Å². The summed E-state index contributed by atoms with van der Waals surface area (Å²) in [6.07, 6.45) is 3.19. The standard InChI is InChI=1S/C33H56O13S2/c1-18(2)8-7-13-33(6,36)26-10-9-22-21-17-25(42-30-28(35)27(34)29(19(3)41-30)44-46-48(39)40)24-16-20(43-45-47(37)38)11-14-31(24,4)23(21)12-15-32(22,26)5/h12,18-22,24-30,34-36H,7-11,13-17H2,1-6H3,(H,37,38)(H,39,40). The molecular weight excluding hydrogens is 668 g/mol. The van der Waals surface area contributed by atoms with E-state index in [4.69, 9.17) is 23.8 Å². The highest BCUT2D eigenvalue weighted by Gasteiger charge is 2.62. The fraction of sp³-hybridized carbons (Fsp3) is 0.939. The van der Waals surface area contributed by atoms with Gasteiger partial charge in [0, 0.05) is 0 Å². The minimum atomic E-state index is -2.74. The lowest BCUT2D eigenvalue weighted by Gasteiger charge is -2.60. The third-order valence-corrected chi connectivity index (χ3v) is 13.1. The molecule has 0 bridgehead atoms. The second-order valence-corrected chi connectivity index (χ2v) is 17.2. The molecule has 0 radical (unpaired) electrons. The van der Waals surface area contributed by atoms with Crippen LogP contribution in [0.5, 0.6) is 0 Å². The van der Waals surface area contributed by atoms with Gasteiger partial charge in [-0.2, -0.15) is 8.42 Å². The molecule has 0 aromatic heterocycles. The van der Waals surface area contributed by atoms with Crippen LogP contribution in [0.15, 0.2) is 11.6 Å². The van der Waals surface area contributed by atoms with Gasteiger partial charge in [0.1, 0.15) is 18.3 Å². The van der Waals surface area contributed by atoms with Crippen LogP contribution in [-0.4, -0.2) is 81.4 Å². The van der Waals surface area contributed by atoms with Gasteiger partial charge in [-0.15, -0.1) is 8.67 Å². The number of ether oxygens (including phenoxy) is 2. The van der Waals surface area contributed by atoms with E-state index in [-0.39, 0.29) is 28.6 Å². The highest BCUT2D eigenvalue weighted by Crippen LogP contribution is 2.67. The Labute approximate surface area is 289 Å². The summed E-state index contributed by atoms with van der Waals surface area (Å²) in [6, 6.07) is 0. The van der Waals surface area contributed by atoms with Crippen molar-refractivity contribution in [3.05, 3.63) is 11.6 Å². The molecule has 0 aromatic rings. The number of aliphatic hydroxyl groups excluding tert-OH is 2. The molecule has 1 saturated heterocycles. The SMILES string of the molecule is CC(C)CCCC(C)(O)C1CCC2C3CC(OC4OC(C)C(OOS(=O)O)C(O)C4O)C4CC(OOS(=O)O)CCC4(C)C3=CCC21C. The zero-order valence-electron chi connectivity index (χ0n) is 28.9. The molecule has 278 valence electrons. The largest absolute Gasteiger partial charge is 0.390 e. The first-order valence-electron chi connectivity index (χ1n) is 17.5. The molecule has 5 aliphatic rings. The maximum absolute atomic E-state index is 11.9. The summed E-state index contributed by atoms with van der Waals surface area (Å²) in [7, 11) is 0. The van der Waals surface area contributed by atoms with E-state index in [0.29, 0.717) is 31.1 Å². The molecule has 1 heterocycles. The number of allylic oxidation sites excluding steroid dienone is 2. The second-order valence-electron chi connectivity index (χ2n) is 16.1. The average molecular weight is 725 g/mol. The van der Waals surface area contributed by atoms with Crippen LogP contribution in [0.25, 0.3) is 0 Å². The van der Waals surface area contributed by atoms with Crippen LogP contribution in [0.4, 0.5) is 0 Å². The normalized spacial score (nSPS) is 45.4. The zero-order valence-corrected chi connectivity index (χ0v) is 30.5. The highest BCUT2D eigenvalue weighted by molar-refractivity contribution is 7.74. The Kier molecular flexibility index (Phi) is 12.4. The molecule has 0 aromatic carbocycles. The van der Waals surface area contributed by atoms with Crippen LogP contribution in [0.1, 0.15) is 106 Å². The Hall–Kier alpha value is -0.400. The summed E-state index contributed by atoms with van der Waals surface area (Å²) in [5.74, 6) is 1.09. The second kappa shape index (κ2) is 15.3. The van der Waals surface area contributed by atoms with Gasteiger partial charge in [-0.1, -0.05) is 52.2 Å². The predicted octanol–water partition coefficient (Wildman–Crippen LogP) is 4.51. The van der Waals surface area contributed by atoms with E-state index in [1.165, 1.54) is 5.57 Å². The Morgan fingerprint density at radius 1 is 1.02 bits per heavy atom. The molecule has 0 amide bonds. The van der Waals surface area contributed by atoms with Gasteiger partial charge in [0.15, 0.2) is 6.29 Å². The van der Waals surface area contributed by atoms with Crippen molar-refractivity contribution >= 4 is 22.7 Å². The summed E-state index contributed by atoms with van der Waals surface area (Å²) >= 11 is -5.32. The Morgan fingerprint density at radius 3 is 2.38 bits per heavy atom. The fourth-order valence-corrected chi connectivity index (χ4v) is 10.7. The molecule has 5 rings (SSSR count). The number of fused-ring (bicyclic) bond motifs is 5. The Bertz CT molecular complexity index is 1200. The summed E-state index contributed by atoms with van der Waals surface area (Å²) < 4.78 is 61.9. The Morgan fingerprint density at radius 2 is 1.71 bits per heavy atom. The third kappa shape index (κ3) is 7.83. The van der Waals surface area contributed by atoms with Crippen molar-refractivity contribution in [1.82, 2.24) is 0 Å². The molecule has 13 nitrogen and oxygen atoms in total. The van der Waals surface area contributed by atoms with Gasteiger partial charge in [0.2, 0.25) is 0 Å². The molecule has 3 saturated carbocycles. The van der Waals surface area contributed by atoms with E-state index in [1.807, 2.05) is 6.92 Å². The number of hydrogen-bond donors (Lipinski definition) is 5. The van der Waals surface area contributed by atoms with Crippen LogP contribution in [-0.2, 0) is 50.6 Å². The maximum Gasteiger partial charge on any atom is 0.331 e. The topological polar surface area (TPSA) is 191 Å². The first-order valence-corrected chi connectivity index (χ1v) is 19.5. The van der Waals surface area contributed by atoms with E-state index in [0.717, 1.165) is 44.9 Å². The molecule has 0 spiro atoms. The third-order valence-electron chi connectivity index (χ3n) is 12.7. The smallest absolute Gasteiger partial charge is 0.331 e. The summed E-state index contributed by atoms with van der Waals surface area (Å²) in [6.45, 7) is 12.6. The molecule has 1 aliphatic heterocycles. The van der Waals surface area contributed by atoms with Crippen molar-refractivity contribution in [3.63, 3.8) is 0 Å². The highest BCUT2D eigenvalue weighted by atomic mass is 32.2. The first-order chi connectivity index (χ1) is 22.5. The van der Waals surface area contributed by atoms with Crippen molar-refractivity contribution in [2.24, 2.45) is 40.4 Å². The zero-order chi connectivity index (χ0) is 35.2. The van der Waals surface area contributed by atoms with Gasteiger partial charge >= 0.3 is 22.7 Å². The van der Waals surface area contributed by atoms with Gasteiger partial charge in [0.05, 0.1) is 23.9 Å². The van der Waals surface area contributed by atoms with Gasteiger partial charge in [0.25, 0.3) is 0 Å². The van der Waals surface area contributed by atoms with Crippen LogP contribution in [0.2, 0.25) is 0 Å². The summed E-state index contributed by atoms with van der Waals surface area (Å²) in [5.41, 5.74) is 0.201. The molecule has 5 N–H and O–H groups in total. The fourth-order valence-electron chi connectivity index (χ4n) is 10.4. The lowest BCUT2D eigenvalue weighted by Crippen LogP contribution is -2.61. The molecule has 4 fully saturated rings. The van der Waals surface area contributed by atoms with Gasteiger partial charge in [-0.3, -0.25) is 9.11 Å². The van der Waals surface area contributed by atoms with E-state index < -0.39 is 71.2 Å². The summed E-state index contributed by atoms with van der Waals surface area (Å²) in [5, 5.41) is 33.9. The van der Waals surface area contributed by atoms with Crippen LogP contribution in [0.3, 0.4) is 0 Å². The molecule has 48 heavy (non-hydrogen) atoms. The first kappa shape index (κ1) is 38.8. The van der Waals surface area contributed by atoms with Crippen molar-refractivity contribution in [2.75, 3.05) is 0 Å². The lowest BCUT2D eigenvalue weighted by molar-refractivity contribution is -0.364. The molecule has 15 heteroatoms. The number of rotatable bonds is 13. The monoisotopic (exact) mass is 724 g/mol. The van der Waals surface area contributed by atoms with E-state index in [9.17, 15) is 28.3 Å². The molecule has 4 aliphatic carbocycles. The van der Waals surface area contributed by atoms with Crippen LogP contribution in [0, 0.1) is 40.4 Å². The van der Waals surface area contributed by atoms with Crippen molar-refractivity contribution in [3.8, 4) is 0 Å². The minimum absolute atomic E-state index is 0.106. The Balaban J connectivity index is 1.41. The predicted molar refractivity (Wildman–Crippen MR) is 175 cm³/mol. The average Bonchev–Trinajstić information content (AvgIpc) is 3.36. The molecule has 16 unspecified atom stereocenters. The number of aliphatic hydroxyl groups is 3. The maximum atomic E-state index is 11.9. The lowest BCUT2D eigenvalue weighted by atomic mass is 9.47. The van der Waals surface area contributed by atoms with Crippen LogP contribution < -0.4 is 0 Å². The quantitative estimate of drug-likeness (QED) is 0.0773. The molecular formula is C33H56O13S2. The molecule has 16 atom stereocenters. The van der Waals surface area contributed by atoms with Gasteiger partial charge < -0.3 is 24.8 Å². The van der Waals surface area contributed by atoms with Gasteiger partial charge in [-0.25, -0.2) is 9.78 Å². The van der Waals surface area contributed by atoms with E-state index >= 15 is 0 Å². The van der Waals surface area contributed by atoms with Gasteiger partial charge in [-0.05, 0) is 106 Å². The number of hydrogen-bond acceptors (Lipinski definition) is 11. The van der Waals surface area contributed by atoms with Crippen molar-refractivity contribution in [2.45, 2.75) is 154 Å². The van der Waals surface area contributed by atoms with E-state index in [2.05, 4.69) is 42.4 Å². The minimum Gasteiger partial charge on any atom is -0.390 e. The summed E-state index contributed by atoms with van der Waals surface area (Å²) in [4.78, 5) is 10.3. The van der Waals surface area contributed by atoms with Crippen molar-refractivity contribution in [1.29, 1.82) is 0 Å². The van der Waals surface area contributed by atoms with Crippen LogP contribution >= 0.6 is 0 Å². The van der Waals surface area contributed by atoms with E-state index in [1.54, 1.807) is 6.92 Å².